The first-order valence-corrected chi connectivity index (χ1v) is 16.8. The molecule has 268 valence electrons. The van der Waals surface area contributed by atoms with E-state index in [4.69, 9.17) is 25.7 Å². The second-order valence-corrected chi connectivity index (χ2v) is 12.7. The van der Waals surface area contributed by atoms with E-state index < -0.39 is 28.9 Å². The van der Waals surface area contributed by atoms with E-state index in [1.165, 1.54) is 13.3 Å². The minimum Gasteiger partial charge on any atom is -0.436 e. The van der Waals surface area contributed by atoms with Crippen LogP contribution in [0.1, 0.15) is 49.8 Å². The standard InChI is InChI=1S/C37H41ClN6O7/c1-22-6-3-4-7-29(22)30-8-5-9-37(34(30)38,36-43-31-11-23(14-40-27(17-45)18-46)10-24(13-39)33(31)51-36)44-35(49)32-12-25(21-50-2)26(16-42-32)15-41-28(19-47)20-48/h3-12,16,27-28,34,40-41,45-48H,14-15,17-21H2,1-2H3,(H,44,49). The maximum absolute atomic E-state index is 14.2. The van der Waals surface area contributed by atoms with Crippen LogP contribution in [0, 0.1) is 18.3 Å². The van der Waals surface area contributed by atoms with Crippen molar-refractivity contribution < 1.29 is 34.4 Å². The predicted molar refractivity (Wildman–Crippen MR) is 190 cm³/mol. The minimum absolute atomic E-state index is 0.0449. The van der Waals surface area contributed by atoms with Gasteiger partial charge >= 0.3 is 0 Å². The van der Waals surface area contributed by atoms with Crippen LogP contribution in [-0.2, 0) is 30.0 Å². The number of allylic oxidation sites excluding steroid dienone is 2. The number of aliphatic hydroxyl groups excluding tert-OH is 4. The zero-order chi connectivity index (χ0) is 36.5. The fourth-order valence-corrected chi connectivity index (χ4v) is 6.28. The summed E-state index contributed by atoms with van der Waals surface area (Å²) < 4.78 is 11.7. The molecule has 0 bridgehead atoms. The lowest BCUT2D eigenvalue weighted by Gasteiger charge is -2.36. The number of nitrogens with one attached hydrogen (secondary N) is 3. The highest BCUT2D eigenvalue weighted by Crippen LogP contribution is 2.43. The lowest BCUT2D eigenvalue weighted by Crippen LogP contribution is -2.52. The molecule has 0 aliphatic heterocycles. The number of aliphatic hydroxyl groups is 4. The van der Waals surface area contributed by atoms with E-state index in [0.29, 0.717) is 27.8 Å². The lowest BCUT2D eigenvalue weighted by atomic mass is 9.81. The Labute approximate surface area is 300 Å². The van der Waals surface area contributed by atoms with E-state index in [-0.39, 0.29) is 68.9 Å². The fraction of sp³-hybridized carbons (Fsp3) is 0.351. The number of pyridine rings is 1. The fourth-order valence-electron chi connectivity index (χ4n) is 5.87. The third kappa shape index (κ3) is 8.20. The molecule has 7 N–H and O–H groups in total. The third-order valence-electron chi connectivity index (χ3n) is 8.78. The average Bonchev–Trinajstić information content (AvgIpc) is 3.59. The summed E-state index contributed by atoms with van der Waals surface area (Å²) in [6.45, 7) is 1.59. The smallest absolute Gasteiger partial charge is 0.271 e. The zero-order valence-electron chi connectivity index (χ0n) is 28.3. The normalized spacial score (nSPS) is 17.3. The van der Waals surface area contributed by atoms with Crippen LogP contribution in [0.4, 0.5) is 0 Å². The molecule has 4 aromatic rings. The number of nitriles is 1. The van der Waals surface area contributed by atoms with Gasteiger partial charge in [-0.25, -0.2) is 4.98 Å². The van der Waals surface area contributed by atoms with E-state index in [1.54, 1.807) is 30.4 Å². The molecule has 0 radical (unpaired) electrons. The molecule has 1 aliphatic rings. The minimum atomic E-state index is -1.55. The maximum atomic E-state index is 14.2. The Morgan fingerprint density at radius 2 is 1.76 bits per heavy atom. The van der Waals surface area contributed by atoms with E-state index in [2.05, 4.69) is 27.0 Å². The molecule has 2 aromatic heterocycles. The summed E-state index contributed by atoms with van der Waals surface area (Å²) in [6, 6.07) is 13.8. The Balaban J connectivity index is 1.57. The average molecular weight is 717 g/mol. The van der Waals surface area contributed by atoms with Gasteiger partial charge in [-0.2, -0.15) is 5.26 Å². The first-order valence-electron chi connectivity index (χ1n) is 16.3. The number of fused-ring (bicyclic) bond motifs is 1. The quantitative estimate of drug-likeness (QED) is 0.0835. The summed E-state index contributed by atoms with van der Waals surface area (Å²) in [5.41, 5.74) is 3.87. The number of benzene rings is 2. The Morgan fingerprint density at radius 1 is 1.06 bits per heavy atom. The molecule has 2 unspecified atom stereocenters. The number of carbonyl (C=O) groups is 1. The van der Waals surface area contributed by atoms with Crippen LogP contribution < -0.4 is 16.0 Å². The Bertz CT molecular complexity index is 1950. The van der Waals surface area contributed by atoms with E-state index >= 15 is 0 Å². The number of hydrogen-bond donors (Lipinski definition) is 7. The summed E-state index contributed by atoms with van der Waals surface area (Å²) in [7, 11) is 1.53. The predicted octanol–water partition coefficient (Wildman–Crippen LogP) is 2.32. The summed E-state index contributed by atoms with van der Waals surface area (Å²) in [6.07, 6.45) is 6.89. The zero-order valence-corrected chi connectivity index (χ0v) is 29.0. The van der Waals surface area contributed by atoms with Gasteiger partial charge in [-0.3, -0.25) is 9.78 Å². The highest BCUT2D eigenvalue weighted by atomic mass is 35.5. The molecular formula is C37H41ClN6O7. The molecule has 1 aliphatic carbocycles. The molecule has 0 saturated heterocycles. The molecule has 14 heteroatoms. The van der Waals surface area contributed by atoms with Crippen LogP contribution in [0.5, 0.6) is 0 Å². The molecule has 2 aromatic carbocycles. The molecule has 0 saturated carbocycles. The molecule has 51 heavy (non-hydrogen) atoms. The summed E-state index contributed by atoms with van der Waals surface area (Å²) in [5, 5.41) is 56.2. The first kappa shape index (κ1) is 37.8. The van der Waals surface area contributed by atoms with Crippen molar-refractivity contribution in [3.63, 3.8) is 0 Å². The molecule has 2 atom stereocenters. The summed E-state index contributed by atoms with van der Waals surface area (Å²) in [4.78, 5) is 23.4. The summed E-state index contributed by atoms with van der Waals surface area (Å²) in [5.74, 6) is -0.535. The Hall–Kier alpha value is -4.49. The molecule has 2 heterocycles. The number of aromatic nitrogens is 2. The maximum Gasteiger partial charge on any atom is 0.271 e. The highest BCUT2D eigenvalue weighted by Gasteiger charge is 2.47. The van der Waals surface area contributed by atoms with Crippen molar-refractivity contribution in [2.75, 3.05) is 33.5 Å². The number of hydrogen-bond acceptors (Lipinski definition) is 12. The van der Waals surface area contributed by atoms with Crippen LogP contribution in [-0.4, -0.2) is 87.3 Å². The Morgan fingerprint density at radius 3 is 2.43 bits per heavy atom. The molecule has 5 rings (SSSR count). The van der Waals surface area contributed by atoms with Crippen LogP contribution in [0.2, 0.25) is 0 Å². The highest BCUT2D eigenvalue weighted by molar-refractivity contribution is 6.28. The van der Waals surface area contributed by atoms with Gasteiger partial charge in [0.2, 0.25) is 5.89 Å². The summed E-state index contributed by atoms with van der Waals surface area (Å²) >= 11 is 7.39. The van der Waals surface area contributed by atoms with Crippen molar-refractivity contribution in [3.8, 4) is 6.07 Å². The number of nitrogens with zero attached hydrogens (tertiary/aromatic N) is 3. The van der Waals surface area contributed by atoms with Gasteiger partial charge < -0.3 is 45.5 Å². The first-order chi connectivity index (χ1) is 24.7. The SMILES string of the molecule is COCc1cc(C(=O)NC2(c3nc4cc(CNC(CO)CO)cc(C#N)c4o3)C=CC=C(c3ccccc3C)C2Cl)ncc1CNC(CO)CO. The topological polar surface area (TPSA) is 206 Å². The molecule has 0 fully saturated rings. The van der Waals surface area contributed by atoms with E-state index in [9.17, 15) is 30.5 Å². The number of methoxy groups -OCH3 is 1. The van der Waals surface area contributed by atoms with Crippen molar-refractivity contribution in [3.05, 3.63) is 112 Å². The number of alkyl halides is 1. The van der Waals surface area contributed by atoms with Crippen LogP contribution >= 0.6 is 11.6 Å². The Kier molecular flexibility index (Phi) is 12.7. The van der Waals surface area contributed by atoms with Gasteiger partial charge in [0, 0.05) is 26.4 Å². The van der Waals surface area contributed by atoms with Crippen molar-refractivity contribution in [2.24, 2.45) is 0 Å². The van der Waals surface area contributed by atoms with Gasteiger partial charge in [-0.1, -0.05) is 36.4 Å². The van der Waals surface area contributed by atoms with Crippen LogP contribution in [0.15, 0.2) is 71.3 Å². The van der Waals surface area contributed by atoms with Gasteiger partial charge in [-0.05, 0) is 64.6 Å². The number of rotatable bonds is 16. The molecule has 0 spiro atoms. The van der Waals surface area contributed by atoms with Crippen molar-refractivity contribution >= 4 is 34.2 Å². The van der Waals surface area contributed by atoms with Gasteiger partial charge in [-0.15, -0.1) is 11.6 Å². The van der Waals surface area contributed by atoms with E-state index in [1.807, 2.05) is 37.3 Å². The van der Waals surface area contributed by atoms with Gasteiger partial charge in [0.1, 0.15) is 17.3 Å². The molecular weight excluding hydrogens is 676 g/mol. The largest absolute Gasteiger partial charge is 0.436 e. The number of oxazole rings is 1. The number of halogens is 1. The van der Waals surface area contributed by atoms with Gasteiger partial charge in [0.25, 0.3) is 5.91 Å². The second-order valence-electron chi connectivity index (χ2n) is 12.3. The van der Waals surface area contributed by atoms with Gasteiger partial charge in [0.05, 0.1) is 56.1 Å². The molecule has 1 amide bonds. The van der Waals surface area contributed by atoms with Crippen molar-refractivity contribution in [1.82, 2.24) is 25.9 Å². The van der Waals surface area contributed by atoms with E-state index in [0.717, 1.165) is 11.1 Å². The third-order valence-corrected chi connectivity index (χ3v) is 9.36. The lowest BCUT2D eigenvalue weighted by molar-refractivity contribution is 0.0901. The number of aryl methyl sites for hydroxylation is 1. The van der Waals surface area contributed by atoms with Crippen molar-refractivity contribution in [2.45, 2.75) is 49.6 Å². The van der Waals surface area contributed by atoms with Crippen LogP contribution in [0.3, 0.4) is 0 Å². The number of amides is 1. The van der Waals surface area contributed by atoms with Crippen LogP contribution in [0.25, 0.3) is 16.7 Å². The molecule has 13 nitrogen and oxygen atoms in total. The van der Waals surface area contributed by atoms with Crippen molar-refractivity contribution in [1.29, 1.82) is 5.26 Å². The monoisotopic (exact) mass is 716 g/mol. The van der Waals surface area contributed by atoms with Gasteiger partial charge in [0.15, 0.2) is 11.1 Å². The number of ether oxygens (including phenoxy) is 1. The number of carbonyl (C=O) groups excluding carboxylic acids is 1. The second kappa shape index (κ2) is 17.1.